The Hall–Kier alpha value is -4.18. The van der Waals surface area contributed by atoms with Crippen molar-refractivity contribution in [1.82, 2.24) is 9.78 Å². The number of hydrogen-bond donors (Lipinski definition) is 1. The lowest BCUT2D eigenvalue weighted by Crippen LogP contribution is -2.09. The second-order valence-corrected chi connectivity index (χ2v) is 7.01. The molecule has 0 atom stereocenters. The molecule has 7 nitrogen and oxygen atoms in total. The Morgan fingerprint density at radius 3 is 2.48 bits per heavy atom. The number of para-hydroxylation sites is 1. The van der Waals surface area contributed by atoms with E-state index in [4.69, 9.17) is 4.74 Å². The minimum atomic E-state index is -0.708. The van der Waals surface area contributed by atoms with Crippen LogP contribution < -0.4 is 0 Å². The Bertz CT molecular complexity index is 1260. The predicted molar refractivity (Wildman–Crippen MR) is 116 cm³/mol. The first-order valence-electron chi connectivity index (χ1n) is 9.91. The van der Waals surface area contributed by atoms with Gasteiger partial charge in [0.25, 0.3) is 0 Å². The number of aliphatic imine (C=N–C) groups is 1. The van der Waals surface area contributed by atoms with Crippen LogP contribution in [0, 0.1) is 18.3 Å². The average molecular weight is 412 g/mol. The lowest BCUT2D eigenvalue weighted by molar-refractivity contribution is -0.138. The van der Waals surface area contributed by atoms with Crippen molar-refractivity contribution in [2.45, 2.75) is 20.3 Å². The van der Waals surface area contributed by atoms with E-state index < -0.39 is 5.97 Å². The largest absolute Gasteiger partial charge is 0.493 e. The van der Waals surface area contributed by atoms with Crippen molar-refractivity contribution < 1.29 is 14.6 Å². The van der Waals surface area contributed by atoms with E-state index in [0.717, 1.165) is 0 Å². The molecular formula is C24H20N4O3. The molecule has 31 heavy (non-hydrogen) atoms. The predicted octanol–water partition coefficient (Wildman–Crippen LogP) is 3.93. The third-order valence-corrected chi connectivity index (χ3v) is 4.92. The second kappa shape index (κ2) is 8.28. The highest BCUT2D eigenvalue weighted by atomic mass is 16.5. The fourth-order valence-electron chi connectivity index (χ4n) is 3.51. The number of aryl methyl sites for hydroxylation is 1. The number of aromatic nitrogens is 2. The summed E-state index contributed by atoms with van der Waals surface area (Å²) in [7, 11) is 0. The quantitative estimate of drug-likeness (QED) is 0.389. The molecule has 0 unspecified atom stereocenters. The van der Waals surface area contributed by atoms with Gasteiger partial charge in [0.2, 0.25) is 5.88 Å². The summed E-state index contributed by atoms with van der Waals surface area (Å²) in [6, 6.07) is 18.5. The highest BCUT2D eigenvalue weighted by Gasteiger charge is 2.31. The molecule has 2 heterocycles. The number of nitrogens with zero attached hydrogens (tertiary/aromatic N) is 4. The highest BCUT2D eigenvalue weighted by molar-refractivity contribution is 6.23. The Morgan fingerprint density at radius 1 is 1.13 bits per heavy atom. The molecule has 1 aromatic heterocycles. The molecule has 2 aromatic carbocycles. The Kier molecular flexibility index (Phi) is 5.37. The molecule has 0 amide bonds. The normalized spacial score (nSPS) is 13.9. The maximum Gasteiger partial charge on any atom is 0.351 e. The van der Waals surface area contributed by atoms with Crippen molar-refractivity contribution in [2.75, 3.05) is 6.61 Å². The number of benzene rings is 2. The van der Waals surface area contributed by atoms with E-state index in [9.17, 15) is 15.2 Å². The van der Waals surface area contributed by atoms with E-state index in [2.05, 4.69) is 10.1 Å². The third kappa shape index (κ3) is 3.49. The van der Waals surface area contributed by atoms with Crippen molar-refractivity contribution in [3.05, 3.63) is 82.6 Å². The number of carbonyl (C=O) groups is 1. The zero-order valence-electron chi connectivity index (χ0n) is 17.2. The minimum Gasteiger partial charge on any atom is -0.493 e. The molecule has 1 aliphatic heterocycles. The average Bonchev–Trinajstić information content (AvgIpc) is 3.30. The molecule has 3 aromatic rings. The molecule has 1 N–H and O–H groups in total. The first kappa shape index (κ1) is 20.1. The summed E-state index contributed by atoms with van der Waals surface area (Å²) in [4.78, 5) is 17.1. The fourth-order valence-corrected chi connectivity index (χ4v) is 3.51. The van der Waals surface area contributed by atoms with Crippen LogP contribution in [-0.2, 0) is 9.53 Å². The molecule has 0 fully saturated rings. The number of carbonyl (C=O) groups excluding carboxylic acids is 1. The molecule has 4 rings (SSSR count). The van der Waals surface area contributed by atoms with Crippen LogP contribution in [0.5, 0.6) is 5.88 Å². The molecule has 0 radical (unpaired) electrons. The number of esters is 1. The SMILES string of the molecule is CCCOC(=O)/C(C#N)=C1\N=C(c2c(C)nn(-c3ccccc3)c2O)c2ccccc21. The molecular weight excluding hydrogens is 392 g/mol. The van der Waals surface area contributed by atoms with Crippen LogP contribution in [0.1, 0.15) is 35.7 Å². The topological polar surface area (TPSA) is 101 Å². The first-order valence-corrected chi connectivity index (χ1v) is 9.91. The standard InChI is InChI=1S/C24H20N4O3/c1-3-13-31-24(30)19(14-25)21-17-11-7-8-12-18(17)22(26-21)20-15(2)27-28(23(20)29)16-9-5-4-6-10-16/h4-12,29H,3,13H2,1-2H3/b21-19-. The maximum atomic E-state index is 12.5. The third-order valence-electron chi connectivity index (χ3n) is 4.92. The Labute approximate surface area is 179 Å². The van der Waals surface area contributed by atoms with E-state index in [1.165, 1.54) is 4.68 Å². The molecule has 154 valence electrons. The summed E-state index contributed by atoms with van der Waals surface area (Å²) >= 11 is 0. The molecule has 0 bridgehead atoms. The number of hydrogen-bond acceptors (Lipinski definition) is 6. The van der Waals surface area contributed by atoms with Crippen LogP contribution in [0.2, 0.25) is 0 Å². The van der Waals surface area contributed by atoms with Gasteiger partial charge in [0.05, 0.1) is 35.0 Å². The number of rotatable bonds is 5. The number of nitriles is 1. The van der Waals surface area contributed by atoms with Gasteiger partial charge in [0.1, 0.15) is 6.07 Å². The van der Waals surface area contributed by atoms with Gasteiger partial charge in [-0.2, -0.15) is 10.4 Å². The number of ether oxygens (including phenoxy) is 1. The smallest absolute Gasteiger partial charge is 0.351 e. The van der Waals surface area contributed by atoms with Crippen molar-refractivity contribution in [1.29, 1.82) is 5.26 Å². The van der Waals surface area contributed by atoms with Gasteiger partial charge in [-0.1, -0.05) is 49.4 Å². The molecule has 0 saturated heterocycles. The molecule has 7 heteroatoms. The van der Waals surface area contributed by atoms with Crippen LogP contribution >= 0.6 is 0 Å². The fraction of sp³-hybridized carbons (Fsp3) is 0.167. The van der Waals surface area contributed by atoms with E-state index in [0.29, 0.717) is 40.2 Å². The zero-order valence-corrected chi connectivity index (χ0v) is 17.2. The summed E-state index contributed by atoms with van der Waals surface area (Å²) in [6.45, 7) is 3.88. The Balaban J connectivity index is 1.90. The van der Waals surface area contributed by atoms with E-state index in [-0.39, 0.29) is 23.8 Å². The molecule has 1 aliphatic rings. The first-order chi connectivity index (χ1) is 15.1. The van der Waals surface area contributed by atoms with Crippen LogP contribution in [0.3, 0.4) is 0 Å². The molecule has 0 spiro atoms. The molecule has 0 saturated carbocycles. The number of aromatic hydroxyl groups is 1. The van der Waals surface area contributed by atoms with E-state index in [1.807, 2.05) is 61.5 Å². The van der Waals surface area contributed by atoms with Crippen molar-refractivity contribution in [3.8, 4) is 17.6 Å². The molecule has 0 aliphatic carbocycles. The summed E-state index contributed by atoms with van der Waals surface area (Å²) in [5, 5.41) is 25.1. The van der Waals surface area contributed by atoms with Gasteiger partial charge < -0.3 is 9.84 Å². The van der Waals surface area contributed by atoms with Gasteiger partial charge in [0.15, 0.2) is 5.57 Å². The van der Waals surface area contributed by atoms with Crippen LogP contribution in [0.15, 0.2) is 65.2 Å². The van der Waals surface area contributed by atoms with Gasteiger partial charge in [0, 0.05) is 11.1 Å². The van der Waals surface area contributed by atoms with Crippen molar-refractivity contribution in [3.63, 3.8) is 0 Å². The Morgan fingerprint density at radius 2 is 1.81 bits per heavy atom. The zero-order chi connectivity index (χ0) is 22.0. The van der Waals surface area contributed by atoms with Crippen LogP contribution in [0.25, 0.3) is 11.4 Å². The van der Waals surface area contributed by atoms with Gasteiger partial charge in [-0.15, -0.1) is 0 Å². The number of fused-ring (bicyclic) bond motifs is 1. The lowest BCUT2D eigenvalue weighted by atomic mass is 9.98. The van der Waals surface area contributed by atoms with Crippen LogP contribution in [0.4, 0.5) is 0 Å². The van der Waals surface area contributed by atoms with Gasteiger partial charge in [-0.3, -0.25) is 0 Å². The van der Waals surface area contributed by atoms with E-state index in [1.54, 1.807) is 13.0 Å². The van der Waals surface area contributed by atoms with Crippen molar-refractivity contribution >= 4 is 17.4 Å². The van der Waals surface area contributed by atoms with Crippen molar-refractivity contribution in [2.24, 2.45) is 4.99 Å². The van der Waals surface area contributed by atoms with Gasteiger partial charge in [-0.05, 0) is 25.5 Å². The summed E-state index contributed by atoms with van der Waals surface area (Å²) in [6.07, 6.45) is 0.649. The minimum absolute atomic E-state index is 0.0643. The second-order valence-electron chi connectivity index (χ2n) is 7.01. The summed E-state index contributed by atoms with van der Waals surface area (Å²) in [5.41, 5.74) is 3.60. The van der Waals surface area contributed by atoms with Gasteiger partial charge in [-0.25, -0.2) is 14.5 Å². The van der Waals surface area contributed by atoms with Gasteiger partial charge >= 0.3 is 5.97 Å². The lowest BCUT2D eigenvalue weighted by Gasteiger charge is -2.05. The van der Waals surface area contributed by atoms with Crippen LogP contribution in [-0.4, -0.2) is 33.2 Å². The summed E-state index contributed by atoms with van der Waals surface area (Å²) < 4.78 is 6.61. The highest BCUT2D eigenvalue weighted by Crippen LogP contribution is 2.37. The maximum absolute atomic E-state index is 12.5. The monoisotopic (exact) mass is 412 g/mol. The summed E-state index contributed by atoms with van der Waals surface area (Å²) in [5.74, 6) is -0.773. The van der Waals surface area contributed by atoms with E-state index >= 15 is 0 Å².